The number of imidazole rings is 1. The van der Waals surface area contributed by atoms with Crippen molar-refractivity contribution in [1.82, 2.24) is 14.5 Å². The lowest BCUT2D eigenvalue weighted by Gasteiger charge is -2.26. The molecule has 1 aromatic carbocycles. The lowest BCUT2D eigenvalue weighted by molar-refractivity contribution is 0.0764. The van der Waals surface area contributed by atoms with E-state index >= 15 is 0 Å². The Balaban J connectivity index is 1.89. The van der Waals surface area contributed by atoms with E-state index in [0.29, 0.717) is 5.69 Å². The van der Waals surface area contributed by atoms with Crippen LogP contribution in [0.5, 0.6) is 0 Å². The molecule has 20 heavy (non-hydrogen) atoms. The summed E-state index contributed by atoms with van der Waals surface area (Å²) >= 11 is 1.86. The molecule has 0 N–H and O–H groups in total. The van der Waals surface area contributed by atoms with Gasteiger partial charge in [0.15, 0.2) is 0 Å². The molecule has 0 radical (unpaired) electrons. The van der Waals surface area contributed by atoms with Gasteiger partial charge in [0.2, 0.25) is 0 Å². The molecule has 0 spiro atoms. The molecule has 0 aliphatic carbocycles. The average molecular weight is 291 g/mol. The SMILES string of the molecule is O=C(c1cncn1-c1ccc(F)cc1)N1CCSCC1. The first-order valence-electron chi connectivity index (χ1n) is 6.41. The van der Waals surface area contributed by atoms with Gasteiger partial charge in [0, 0.05) is 30.3 Å². The smallest absolute Gasteiger partial charge is 0.272 e. The minimum Gasteiger partial charge on any atom is -0.336 e. The summed E-state index contributed by atoms with van der Waals surface area (Å²) in [5, 5.41) is 0. The van der Waals surface area contributed by atoms with E-state index in [1.807, 2.05) is 16.7 Å². The molecular formula is C14H14FN3OS. The fourth-order valence-corrected chi connectivity index (χ4v) is 3.09. The Labute approximate surface area is 120 Å². The summed E-state index contributed by atoms with van der Waals surface area (Å²) in [6.45, 7) is 1.52. The molecule has 4 nitrogen and oxygen atoms in total. The van der Waals surface area contributed by atoms with Crippen LogP contribution in [0.15, 0.2) is 36.8 Å². The molecule has 2 aromatic rings. The molecule has 2 heterocycles. The van der Waals surface area contributed by atoms with Crippen LogP contribution in [0.1, 0.15) is 10.5 Å². The van der Waals surface area contributed by atoms with Crippen LogP contribution in [0.25, 0.3) is 5.69 Å². The van der Waals surface area contributed by atoms with Gasteiger partial charge in [-0.1, -0.05) is 0 Å². The van der Waals surface area contributed by atoms with Gasteiger partial charge in [-0.25, -0.2) is 9.37 Å². The van der Waals surface area contributed by atoms with Gasteiger partial charge in [-0.3, -0.25) is 9.36 Å². The number of amides is 1. The van der Waals surface area contributed by atoms with Gasteiger partial charge in [0.05, 0.1) is 12.5 Å². The third-order valence-electron chi connectivity index (χ3n) is 3.26. The molecule has 1 aliphatic heterocycles. The molecule has 1 aliphatic rings. The van der Waals surface area contributed by atoms with Gasteiger partial charge < -0.3 is 4.90 Å². The normalized spacial score (nSPS) is 15.3. The van der Waals surface area contributed by atoms with Crippen molar-refractivity contribution >= 4 is 17.7 Å². The summed E-state index contributed by atoms with van der Waals surface area (Å²) in [5.41, 5.74) is 1.25. The van der Waals surface area contributed by atoms with Crippen molar-refractivity contribution in [3.63, 3.8) is 0 Å². The number of carbonyl (C=O) groups is 1. The van der Waals surface area contributed by atoms with Crippen LogP contribution in [-0.2, 0) is 0 Å². The van der Waals surface area contributed by atoms with Crippen molar-refractivity contribution in [3.8, 4) is 5.69 Å². The Morgan fingerprint density at radius 2 is 1.90 bits per heavy atom. The zero-order valence-electron chi connectivity index (χ0n) is 10.8. The number of nitrogens with zero attached hydrogens (tertiary/aromatic N) is 3. The van der Waals surface area contributed by atoms with Crippen LogP contribution < -0.4 is 0 Å². The van der Waals surface area contributed by atoms with E-state index < -0.39 is 0 Å². The second kappa shape index (κ2) is 5.66. The second-order valence-corrected chi connectivity index (χ2v) is 5.75. The quantitative estimate of drug-likeness (QED) is 0.851. The van der Waals surface area contributed by atoms with Crippen molar-refractivity contribution in [2.45, 2.75) is 0 Å². The first kappa shape index (κ1) is 13.2. The maximum atomic E-state index is 13.0. The summed E-state index contributed by atoms with van der Waals surface area (Å²) in [6.07, 6.45) is 3.15. The van der Waals surface area contributed by atoms with Crippen molar-refractivity contribution in [2.24, 2.45) is 0 Å². The molecule has 0 bridgehead atoms. The maximum Gasteiger partial charge on any atom is 0.272 e. The lowest BCUT2D eigenvalue weighted by Crippen LogP contribution is -2.38. The molecular weight excluding hydrogens is 277 g/mol. The molecule has 0 unspecified atom stereocenters. The highest BCUT2D eigenvalue weighted by atomic mass is 32.2. The number of hydrogen-bond acceptors (Lipinski definition) is 3. The highest BCUT2D eigenvalue weighted by Gasteiger charge is 2.21. The summed E-state index contributed by atoms with van der Waals surface area (Å²) in [6, 6.07) is 6.03. The van der Waals surface area contributed by atoms with Gasteiger partial charge in [-0.2, -0.15) is 11.8 Å². The van der Waals surface area contributed by atoms with Crippen LogP contribution in [0.4, 0.5) is 4.39 Å². The Kier molecular flexibility index (Phi) is 3.73. The fourth-order valence-electron chi connectivity index (χ4n) is 2.19. The van der Waals surface area contributed by atoms with E-state index in [2.05, 4.69) is 4.98 Å². The minimum absolute atomic E-state index is 0.0212. The van der Waals surface area contributed by atoms with Crippen molar-refractivity contribution in [2.75, 3.05) is 24.6 Å². The maximum absolute atomic E-state index is 13.0. The Bertz CT molecular complexity index is 605. The van der Waals surface area contributed by atoms with Gasteiger partial charge in [-0.15, -0.1) is 0 Å². The van der Waals surface area contributed by atoms with E-state index in [9.17, 15) is 9.18 Å². The monoisotopic (exact) mass is 291 g/mol. The van der Waals surface area contributed by atoms with Crippen LogP contribution in [0.2, 0.25) is 0 Å². The van der Waals surface area contributed by atoms with Gasteiger partial charge >= 0.3 is 0 Å². The van der Waals surface area contributed by atoms with E-state index in [1.165, 1.54) is 12.1 Å². The second-order valence-electron chi connectivity index (χ2n) is 4.53. The average Bonchev–Trinajstić information content (AvgIpc) is 2.97. The van der Waals surface area contributed by atoms with Gasteiger partial charge in [0.1, 0.15) is 11.5 Å². The number of benzene rings is 1. The number of thioether (sulfide) groups is 1. The Hall–Kier alpha value is -1.82. The number of carbonyl (C=O) groups excluding carboxylic acids is 1. The van der Waals surface area contributed by atoms with Crippen molar-refractivity contribution in [3.05, 3.63) is 48.3 Å². The van der Waals surface area contributed by atoms with Gasteiger partial charge in [-0.05, 0) is 24.3 Å². The standard InChI is InChI=1S/C14H14FN3OS/c15-11-1-3-12(4-2-11)18-10-16-9-13(18)14(19)17-5-7-20-8-6-17/h1-4,9-10H,5-8H2. The minimum atomic E-state index is -0.296. The first-order chi connectivity index (χ1) is 9.75. The van der Waals surface area contributed by atoms with E-state index in [1.54, 1.807) is 29.2 Å². The van der Waals surface area contributed by atoms with Crippen LogP contribution in [0.3, 0.4) is 0 Å². The van der Waals surface area contributed by atoms with Crippen LogP contribution in [0, 0.1) is 5.82 Å². The summed E-state index contributed by atoms with van der Waals surface area (Å²) in [5.74, 6) is 1.62. The van der Waals surface area contributed by atoms with Crippen LogP contribution >= 0.6 is 11.8 Å². The zero-order chi connectivity index (χ0) is 13.9. The van der Waals surface area contributed by atoms with Crippen LogP contribution in [-0.4, -0.2) is 45.0 Å². The van der Waals surface area contributed by atoms with E-state index in [4.69, 9.17) is 0 Å². The molecule has 1 fully saturated rings. The molecule has 1 saturated heterocycles. The topological polar surface area (TPSA) is 38.1 Å². The predicted molar refractivity (Wildman–Crippen MR) is 76.8 cm³/mol. The Morgan fingerprint density at radius 1 is 1.20 bits per heavy atom. The van der Waals surface area contributed by atoms with Gasteiger partial charge in [0.25, 0.3) is 5.91 Å². The largest absolute Gasteiger partial charge is 0.336 e. The third-order valence-corrected chi connectivity index (χ3v) is 4.20. The highest BCUT2D eigenvalue weighted by molar-refractivity contribution is 7.99. The van der Waals surface area contributed by atoms with E-state index in [0.717, 1.165) is 30.3 Å². The summed E-state index contributed by atoms with van der Waals surface area (Å²) in [7, 11) is 0. The lowest BCUT2D eigenvalue weighted by atomic mass is 10.3. The molecule has 1 aromatic heterocycles. The number of aromatic nitrogens is 2. The number of hydrogen-bond donors (Lipinski definition) is 0. The molecule has 104 valence electrons. The predicted octanol–water partition coefficient (Wildman–Crippen LogP) is 2.20. The first-order valence-corrected chi connectivity index (χ1v) is 7.56. The summed E-state index contributed by atoms with van der Waals surface area (Å²) < 4.78 is 14.7. The molecule has 0 atom stereocenters. The molecule has 0 saturated carbocycles. The molecule has 1 amide bonds. The van der Waals surface area contributed by atoms with Crippen molar-refractivity contribution < 1.29 is 9.18 Å². The third kappa shape index (κ3) is 2.56. The van der Waals surface area contributed by atoms with Crippen molar-refractivity contribution in [1.29, 1.82) is 0 Å². The molecule has 6 heteroatoms. The molecule has 3 rings (SSSR count). The fraction of sp³-hybridized carbons (Fsp3) is 0.286. The van der Waals surface area contributed by atoms with E-state index in [-0.39, 0.29) is 11.7 Å². The highest BCUT2D eigenvalue weighted by Crippen LogP contribution is 2.16. The summed E-state index contributed by atoms with van der Waals surface area (Å²) in [4.78, 5) is 18.4. The zero-order valence-corrected chi connectivity index (χ0v) is 11.6. The number of halogens is 1. The Morgan fingerprint density at radius 3 is 2.60 bits per heavy atom. The number of rotatable bonds is 2.